The fraction of sp³-hybridized carbons (Fsp3) is 0.588. The van der Waals surface area contributed by atoms with Crippen LogP contribution in [0.5, 0.6) is 0 Å². The molecule has 0 bridgehead atoms. The Hall–Kier alpha value is -1.20. The topological polar surface area (TPSA) is 35.8 Å². The van der Waals surface area contributed by atoms with Gasteiger partial charge in [0, 0.05) is 10.7 Å². The first-order valence-corrected chi connectivity index (χ1v) is 8.05. The minimum Gasteiger partial charge on any atom is -0.370 e. The molecule has 1 atom stereocenters. The van der Waals surface area contributed by atoms with Crippen molar-refractivity contribution in [1.29, 1.82) is 5.26 Å². The van der Waals surface area contributed by atoms with Gasteiger partial charge in [-0.25, -0.2) is 0 Å². The summed E-state index contributed by atoms with van der Waals surface area (Å²) in [6, 6.07) is 9.73. The summed E-state index contributed by atoms with van der Waals surface area (Å²) in [6.07, 6.45) is 9.86. The maximum Gasteiger partial charge on any atom is 0.114 e. The number of hydrogen-bond donors (Lipinski definition) is 1. The molecule has 20 heavy (non-hydrogen) atoms. The molecule has 0 spiro atoms. The van der Waals surface area contributed by atoms with Gasteiger partial charge in [0.1, 0.15) is 6.04 Å². The van der Waals surface area contributed by atoms with Crippen LogP contribution in [-0.2, 0) is 0 Å². The molecule has 0 saturated carbocycles. The highest BCUT2D eigenvalue weighted by atomic mass is 35.5. The predicted molar refractivity (Wildman–Crippen MR) is 87.1 cm³/mol. The van der Waals surface area contributed by atoms with E-state index in [1.54, 1.807) is 0 Å². The van der Waals surface area contributed by atoms with Gasteiger partial charge in [-0.05, 0) is 30.7 Å². The highest BCUT2D eigenvalue weighted by molar-refractivity contribution is 6.30. The first-order valence-electron chi connectivity index (χ1n) is 7.68. The van der Waals surface area contributed by atoms with Gasteiger partial charge in [0.15, 0.2) is 0 Å². The monoisotopic (exact) mass is 292 g/mol. The van der Waals surface area contributed by atoms with Gasteiger partial charge in [0.05, 0.1) is 6.07 Å². The number of rotatable bonds is 10. The Morgan fingerprint density at radius 1 is 1.05 bits per heavy atom. The first kappa shape index (κ1) is 16.9. The highest BCUT2D eigenvalue weighted by Crippen LogP contribution is 2.16. The summed E-state index contributed by atoms with van der Waals surface area (Å²) in [4.78, 5) is 0. The number of nitrogens with one attached hydrogen (secondary N) is 1. The summed E-state index contributed by atoms with van der Waals surface area (Å²) in [5, 5.41) is 13.1. The lowest BCUT2D eigenvalue weighted by Gasteiger charge is -2.12. The van der Waals surface area contributed by atoms with Gasteiger partial charge in [0.25, 0.3) is 0 Å². The van der Waals surface area contributed by atoms with Crippen LogP contribution in [0.15, 0.2) is 24.3 Å². The van der Waals surface area contributed by atoms with Crippen LogP contribution in [0, 0.1) is 11.3 Å². The third-order valence-corrected chi connectivity index (χ3v) is 3.69. The summed E-state index contributed by atoms with van der Waals surface area (Å²) >= 11 is 5.84. The zero-order chi connectivity index (χ0) is 14.6. The Kier molecular flexibility index (Phi) is 8.91. The van der Waals surface area contributed by atoms with Crippen molar-refractivity contribution < 1.29 is 0 Å². The largest absolute Gasteiger partial charge is 0.370 e. The van der Waals surface area contributed by atoms with Crippen molar-refractivity contribution in [1.82, 2.24) is 0 Å². The fourth-order valence-corrected chi connectivity index (χ4v) is 2.35. The Balaban J connectivity index is 2.17. The van der Waals surface area contributed by atoms with Crippen LogP contribution >= 0.6 is 11.6 Å². The second-order valence-electron chi connectivity index (χ2n) is 5.24. The van der Waals surface area contributed by atoms with E-state index in [0.29, 0.717) is 0 Å². The van der Waals surface area contributed by atoms with Crippen LogP contribution in [0.4, 0.5) is 5.69 Å². The molecule has 0 heterocycles. The summed E-state index contributed by atoms with van der Waals surface area (Å²) in [5.41, 5.74) is 0.962. The summed E-state index contributed by atoms with van der Waals surface area (Å²) in [6.45, 7) is 2.24. The summed E-state index contributed by atoms with van der Waals surface area (Å²) < 4.78 is 0. The minimum absolute atomic E-state index is 0.105. The van der Waals surface area contributed by atoms with E-state index in [-0.39, 0.29) is 6.04 Å². The molecule has 0 aliphatic heterocycles. The zero-order valence-electron chi connectivity index (χ0n) is 12.4. The van der Waals surface area contributed by atoms with Crippen LogP contribution in [-0.4, -0.2) is 6.04 Å². The van der Waals surface area contributed by atoms with E-state index in [2.05, 4.69) is 18.3 Å². The molecular formula is C17H25ClN2. The smallest absolute Gasteiger partial charge is 0.114 e. The lowest BCUT2D eigenvalue weighted by atomic mass is 10.1. The maximum absolute atomic E-state index is 9.18. The van der Waals surface area contributed by atoms with E-state index in [1.807, 2.05) is 24.3 Å². The average molecular weight is 293 g/mol. The quantitative estimate of drug-likeness (QED) is 0.554. The van der Waals surface area contributed by atoms with Gasteiger partial charge < -0.3 is 5.32 Å². The molecule has 1 aromatic carbocycles. The molecule has 1 rings (SSSR count). The van der Waals surface area contributed by atoms with Crippen LogP contribution in [0.2, 0.25) is 5.02 Å². The molecule has 0 fully saturated rings. The second-order valence-corrected chi connectivity index (χ2v) is 5.68. The molecule has 0 radical (unpaired) electrons. The minimum atomic E-state index is -0.105. The molecular weight excluding hydrogens is 268 g/mol. The number of benzene rings is 1. The number of hydrogen-bond acceptors (Lipinski definition) is 2. The third kappa shape index (κ3) is 7.40. The molecule has 2 nitrogen and oxygen atoms in total. The number of nitrogens with zero attached hydrogens (tertiary/aromatic N) is 1. The molecule has 0 aliphatic rings. The molecule has 1 aromatic rings. The lowest BCUT2D eigenvalue weighted by Crippen LogP contribution is -2.16. The summed E-state index contributed by atoms with van der Waals surface area (Å²) in [7, 11) is 0. The van der Waals surface area contributed by atoms with Crippen molar-refractivity contribution in [2.24, 2.45) is 0 Å². The van der Waals surface area contributed by atoms with Crippen LogP contribution < -0.4 is 5.32 Å². The van der Waals surface area contributed by atoms with Crippen molar-refractivity contribution >= 4 is 17.3 Å². The molecule has 1 unspecified atom stereocenters. The number of halogens is 1. The van der Waals surface area contributed by atoms with E-state index < -0.39 is 0 Å². The maximum atomic E-state index is 9.18. The molecule has 0 saturated heterocycles. The van der Waals surface area contributed by atoms with Crippen LogP contribution in [0.25, 0.3) is 0 Å². The van der Waals surface area contributed by atoms with E-state index in [4.69, 9.17) is 11.6 Å². The second kappa shape index (κ2) is 10.6. The zero-order valence-corrected chi connectivity index (χ0v) is 13.1. The number of anilines is 1. The van der Waals surface area contributed by atoms with E-state index in [0.717, 1.165) is 23.6 Å². The Labute approximate surface area is 128 Å². The van der Waals surface area contributed by atoms with E-state index in [9.17, 15) is 5.26 Å². The lowest BCUT2D eigenvalue weighted by molar-refractivity contribution is 0.569. The molecule has 0 aliphatic carbocycles. The SMILES string of the molecule is CCCCCCCCCC(C#N)Nc1ccc(Cl)cc1. The van der Waals surface area contributed by atoms with Crippen LogP contribution in [0.1, 0.15) is 58.3 Å². The van der Waals surface area contributed by atoms with Gasteiger partial charge >= 0.3 is 0 Å². The Bertz CT molecular complexity index is 394. The van der Waals surface area contributed by atoms with Crippen molar-refractivity contribution in [2.45, 2.75) is 64.3 Å². The predicted octanol–water partition coefficient (Wildman–Crippen LogP) is 5.78. The normalized spacial score (nSPS) is 11.8. The number of unbranched alkanes of at least 4 members (excludes halogenated alkanes) is 6. The molecule has 0 aromatic heterocycles. The van der Waals surface area contributed by atoms with Gasteiger partial charge in [0.2, 0.25) is 0 Å². The fourth-order valence-electron chi connectivity index (χ4n) is 2.22. The van der Waals surface area contributed by atoms with Crippen molar-refractivity contribution in [3.63, 3.8) is 0 Å². The molecule has 3 heteroatoms. The van der Waals surface area contributed by atoms with Gasteiger partial charge in [-0.3, -0.25) is 0 Å². The number of nitriles is 1. The first-order chi connectivity index (χ1) is 9.76. The van der Waals surface area contributed by atoms with Crippen LogP contribution in [0.3, 0.4) is 0 Å². The van der Waals surface area contributed by atoms with Crippen molar-refractivity contribution in [2.75, 3.05) is 5.32 Å². The van der Waals surface area contributed by atoms with Gasteiger partial charge in [-0.1, -0.05) is 63.5 Å². The van der Waals surface area contributed by atoms with E-state index >= 15 is 0 Å². The standard InChI is InChI=1S/C17H25ClN2/c1-2-3-4-5-6-7-8-9-17(14-19)20-16-12-10-15(18)11-13-16/h10-13,17,20H,2-9H2,1H3. The molecule has 1 N–H and O–H groups in total. The Morgan fingerprint density at radius 3 is 2.25 bits per heavy atom. The highest BCUT2D eigenvalue weighted by Gasteiger charge is 2.06. The average Bonchev–Trinajstić information content (AvgIpc) is 2.47. The van der Waals surface area contributed by atoms with E-state index in [1.165, 1.54) is 38.5 Å². The van der Waals surface area contributed by atoms with Gasteiger partial charge in [-0.2, -0.15) is 5.26 Å². The van der Waals surface area contributed by atoms with Crippen molar-refractivity contribution in [3.8, 4) is 6.07 Å². The molecule has 110 valence electrons. The third-order valence-electron chi connectivity index (χ3n) is 3.44. The Morgan fingerprint density at radius 2 is 1.65 bits per heavy atom. The van der Waals surface area contributed by atoms with Crippen molar-refractivity contribution in [3.05, 3.63) is 29.3 Å². The summed E-state index contributed by atoms with van der Waals surface area (Å²) in [5.74, 6) is 0. The van der Waals surface area contributed by atoms with Gasteiger partial charge in [-0.15, -0.1) is 0 Å². The molecule has 0 amide bonds.